The molecule has 17 heavy (non-hydrogen) atoms. The first-order valence-electron chi connectivity index (χ1n) is 4.94. The van der Waals surface area contributed by atoms with Crippen molar-refractivity contribution < 1.29 is 24.5 Å². The molecule has 5 nitrogen and oxygen atoms in total. The van der Waals surface area contributed by atoms with Crippen molar-refractivity contribution in [3.8, 4) is 0 Å². The first-order valence-corrected chi connectivity index (χ1v) is 4.94. The minimum Gasteiger partial charge on any atom is -0.418 e. The summed E-state index contributed by atoms with van der Waals surface area (Å²) in [5.74, 6) is -2.98. The molecule has 1 aromatic rings. The van der Waals surface area contributed by atoms with Crippen LogP contribution in [0.25, 0.3) is 0 Å². The van der Waals surface area contributed by atoms with E-state index in [0.717, 1.165) is 6.08 Å². The first-order chi connectivity index (χ1) is 8.10. The van der Waals surface area contributed by atoms with Crippen molar-refractivity contribution in [2.45, 2.75) is 12.7 Å². The monoisotopic (exact) mass is 234 g/mol. The van der Waals surface area contributed by atoms with Crippen LogP contribution in [0.4, 0.5) is 0 Å². The quantitative estimate of drug-likeness (QED) is 0.486. The van der Waals surface area contributed by atoms with E-state index in [1.807, 2.05) is 0 Å². The van der Waals surface area contributed by atoms with Gasteiger partial charge in [0, 0.05) is 11.6 Å². The maximum absolute atomic E-state index is 11.4. The molecule has 1 aliphatic rings. The number of benzene rings is 1. The van der Waals surface area contributed by atoms with Crippen LogP contribution in [0.1, 0.15) is 12.5 Å². The van der Waals surface area contributed by atoms with E-state index in [2.05, 4.69) is 4.89 Å². The molecule has 1 aliphatic heterocycles. The minimum atomic E-state index is -1.84. The van der Waals surface area contributed by atoms with Crippen LogP contribution >= 0.6 is 0 Å². The predicted octanol–water partition coefficient (Wildman–Crippen LogP) is 1.40. The highest BCUT2D eigenvalue weighted by atomic mass is 17.1. The summed E-state index contributed by atoms with van der Waals surface area (Å²) >= 11 is 0. The lowest BCUT2D eigenvalue weighted by atomic mass is 9.96. The molecule has 88 valence electrons. The summed E-state index contributed by atoms with van der Waals surface area (Å²) < 4.78 is 4.93. The molecule has 0 spiro atoms. The van der Waals surface area contributed by atoms with Gasteiger partial charge in [-0.25, -0.2) is 10.1 Å². The Balaban J connectivity index is 2.56. The first kappa shape index (κ1) is 11.5. The molecule has 0 bridgehead atoms. The van der Waals surface area contributed by atoms with Gasteiger partial charge in [0.05, 0.1) is 5.57 Å². The maximum Gasteiger partial charge on any atom is 0.334 e. The molecule has 0 aromatic heterocycles. The Morgan fingerprint density at radius 1 is 1.35 bits per heavy atom. The summed E-state index contributed by atoms with van der Waals surface area (Å²) in [6.45, 7) is 1.27. The lowest BCUT2D eigenvalue weighted by molar-refractivity contribution is -0.379. The van der Waals surface area contributed by atoms with Crippen molar-refractivity contribution in [1.82, 2.24) is 0 Å². The zero-order valence-corrected chi connectivity index (χ0v) is 9.04. The number of cyclic esters (lactones) is 1. The minimum absolute atomic E-state index is 0.0313. The highest BCUT2D eigenvalue weighted by Gasteiger charge is 2.49. The van der Waals surface area contributed by atoms with E-state index in [1.54, 1.807) is 30.3 Å². The number of esters is 1. The summed E-state index contributed by atoms with van der Waals surface area (Å²) in [5.41, 5.74) is 0.339. The lowest BCUT2D eigenvalue weighted by Gasteiger charge is -2.26. The largest absolute Gasteiger partial charge is 0.418 e. The molecule has 1 N–H and O–H groups in total. The summed E-state index contributed by atoms with van der Waals surface area (Å²) in [6, 6.07) is 8.29. The van der Waals surface area contributed by atoms with Crippen LogP contribution in [0.3, 0.4) is 0 Å². The number of hydrogen-bond donors (Lipinski definition) is 1. The predicted molar refractivity (Wildman–Crippen MR) is 56.7 cm³/mol. The zero-order chi connectivity index (χ0) is 12.5. The number of carbonyl (C=O) groups is 2. The zero-order valence-electron chi connectivity index (χ0n) is 9.04. The fourth-order valence-electron chi connectivity index (χ4n) is 1.76. The van der Waals surface area contributed by atoms with E-state index in [0.29, 0.717) is 5.56 Å². The number of rotatable bonds is 3. The number of hydrogen-bond acceptors (Lipinski definition) is 5. The van der Waals surface area contributed by atoms with Crippen molar-refractivity contribution in [2.75, 3.05) is 0 Å². The second-order valence-electron chi connectivity index (χ2n) is 3.61. The van der Waals surface area contributed by atoms with E-state index in [9.17, 15) is 9.59 Å². The van der Waals surface area contributed by atoms with Crippen LogP contribution in [-0.4, -0.2) is 17.0 Å². The molecule has 0 saturated heterocycles. The molecule has 0 aliphatic carbocycles. The fraction of sp³-hybridized carbons (Fsp3) is 0.167. The Morgan fingerprint density at radius 3 is 2.53 bits per heavy atom. The van der Waals surface area contributed by atoms with Crippen molar-refractivity contribution >= 4 is 11.8 Å². The second kappa shape index (κ2) is 4.12. The molecule has 0 amide bonds. The van der Waals surface area contributed by atoms with Gasteiger partial charge in [0.25, 0.3) is 5.79 Å². The van der Waals surface area contributed by atoms with Crippen LogP contribution in [-0.2, 0) is 25.0 Å². The highest BCUT2D eigenvalue weighted by Crippen LogP contribution is 2.39. The Hall–Kier alpha value is -1.98. The molecule has 5 heteroatoms. The van der Waals surface area contributed by atoms with E-state index < -0.39 is 17.5 Å². The molecule has 1 aromatic carbocycles. The molecule has 0 saturated carbocycles. The molecule has 2 rings (SSSR count). The van der Waals surface area contributed by atoms with Gasteiger partial charge in [0.15, 0.2) is 5.78 Å². The molecule has 1 heterocycles. The summed E-state index contributed by atoms with van der Waals surface area (Å²) in [5, 5.41) is 9.04. The van der Waals surface area contributed by atoms with Gasteiger partial charge in [-0.05, 0) is 6.92 Å². The van der Waals surface area contributed by atoms with Crippen LogP contribution in [0.5, 0.6) is 0 Å². The molecule has 0 fully saturated rings. The number of carbonyl (C=O) groups excluding carboxylic acids is 2. The van der Waals surface area contributed by atoms with Crippen molar-refractivity contribution in [2.24, 2.45) is 0 Å². The Bertz CT molecular complexity index is 491. The average Bonchev–Trinajstić information content (AvgIpc) is 2.69. The van der Waals surface area contributed by atoms with E-state index in [-0.39, 0.29) is 5.57 Å². The van der Waals surface area contributed by atoms with Crippen molar-refractivity contribution in [1.29, 1.82) is 0 Å². The molecule has 1 unspecified atom stereocenters. The molecular formula is C12H10O5. The third kappa shape index (κ3) is 1.75. The van der Waals surface area contributed by atoms with Gasteiger partial charge in [-0.2, -0.15) is 4.89 Å². The number of Topliss-reactive ketones (excluding diaryl/α,β-unsaturated/α-hetero) is 1. The smallest absolute Gasteiger partial charge is 0.334 e. The Morgan fingerprint density at radius 2 is 2.00 bits per heavy atom. The Kier molecular flexibility index (Phi) is 2.79. The van der Waals surface area contributed by atoms with Gasteiger partial charge in [0.1, 0.15) is 0 Å². The fourth-order valence-corrected chi connectivity index (χ4v) is 1.76. The van der Waals surface area contributed by atoms with Crippen LogP contribution < -0.4 is 0 Å². The van der Waals surface area contributed by atoms with E-state index in [1.165, 1.54) is 6.92 Å². The number of ketones is 1. The third-order valence-electron chi connectivity index (χ3n) is 2.52. The second-order valence-corrected chi connectivity index (χ2v) is 3.61. The van der Waals surface area contributed by atoms with Crippen molar-refractivity contribution in [3.05, 3.63) is 47.5 Å². The van der Waals surface area contributed by atoms with Gasteiger partial charge < -0.3 is 4.74 Å². The highest BCUT2D eigenvalue weighted by molar-refractivity contribution is 6.03. The van der Waals surface area contributed by atoms with Gasteiger partial charge in [-0.1, -0.05) is 30.3 Å². The topological polar surface area (TPSA) is 72.8 Å². The van der Waals surface area contributed by atoms with Gasteiger partial charge in [-0.15, -0.1) is 0 Å². The maximum atomic E-state index is 11.4. The molecule has 0 radical (unpaired) electrons. The van der Waals surface area contributed by atoms with E-state index >= 15 is 0 Å². The molecular weight excluding hydrogens is 224 g/mol. The summed E-state index contributed by atoms with van der Waals surface area (Å²) in [7, 11) is 0. The summed E-state index contributed by atoms with van der Waals surface area (Å²) in [4.78, 5) is 27.0. The SMILES string of the molecule is CC(=O)C1=CC(=O)OC1(OO)c1ccccc1. The standard InChI is InChI=1S/C12H10O5/c1-8(13)10-7-11(14)16-12(10,17-15)9-5-3-2-4-6-9/h2-7,15H,1H3. The van der Waals surface area contributed by atoms with Crippen LogP contribution in [0.2, 0.25) is 0 Å². The van der Waals surface area contributed by atoms with Crippen LogP contribution in [0.15, 0.2) is 42.0 Å². The van der Waals surface area contributed by atoms with Gasteiger partial charge in [-0.3, -0.25) is 4.79 Å². The van der Waals surface area contributed by atoms with Crippen LogP contribution in [0, 0.1) is 0 Å². The molecule has 1 atom stereocenters. The lowest BCUT2D eigenvalue weighted by Crippen LogP contribution is -2.34. The van der Waals surface area contributed by atoms with E-state index in [4.69, 9.17) is 9.99 Å². The third-order valence-corrected chi connectivity index (χ3v) is 2.52. The normalized spacial score (nSPS) is 23.2. The van der Waals surface area contributed by atoms with Crippen molar-refractivity contribution in [3.63, 3.8) is 0 Å². The number of ether oxygens (including phenoxy) is 1. The summed E-state index contributed by atoms with van der Waals surface area (Å²) in [6.07, 6.45) is 1.02. The van der Waals surface area contributed by atoms with Gasteiger partial charge >= 0.3 is 5.97 Å². The Labute approximate surface area is 97.2 Å². The average molecular weight is 234 g/mol. The van der Waals surface area contributed by atoms with Gasteiger partial charge in [0.2, 0.25) is 0 Å².